The summed E-state index contributed by atoms with van der Waals surface area (Å²) in [4.78, 5) is 32.2. The molecule has 3 heterocycles. The standard InChI is InChI=1S/C21H17ClFN3O2/c22-15-9-12(5-6-16(15)23)26-20(27)10-19(21(26)28)25-8-7-14-13-3-1-2-4-17(13)24-18(14)11-25/h1-6,9,19,24H,7-8,10-11H2. The molecule has 0 saturated carbocycles. The van der Waals surface area contributed by atoms with Crippen LogP contribution in [0.4, 0.5) is 10.1 Å². The van der Waals surface area contributed by atoms with Crippen LogP contribution in [0, 0.1) is 5.82 Å². The molecule has 2 aliphatic heterocycles. The van der Waals surface area contributed by atoms with Crippen molar-refractivity contribution in [2.45, 2.75) is 25.4 Å². The first-order chi connectivity index (χ1) is 13.5. The number of halogens is 2. The van der Waals surface area contributed by atoms with E-state index in [1.54, 1.807) is 0 Å². The van der Waals surface area contributed by atoms with Crippen molar-refractivity contribution in [3.8, 4) is 0 Å². The lowest BCUT2D eigenvalue weighted by atomic mass is 10.0. The van der Waals surface area contributed by atoms with Crippen LogP contribution in [-0.2, 0) is 22.6 Å². The first-order valence-corrected chi connectivity index (χ1v) is 9.55. The van der Waals surface area contributed by atoms with E-state index in [2.05, 4.69) is 11.1 Å². The number of carbonyl (C=O) groups excluding carboxylic acids is 2. The monoisotopic (exact) mass is 397 g/mol. The highest BCUT2D eigenvalue weighted by atomic mass is 35.5. The highest BCUT2D eigenvalue weighted by molar-refractivity contribution is 6.31. The van der Waals surface area contributed by atoms with Crippen molar-refractivity contribution in [2.75, 3.05) is 11.4 Å². The number of rotatable bonds is 2. The molecule has 0 bridgehead atoms. The Balaban J connectivity index is 1.42. The van der Waals surface area contributed by atoms with Gasteiger partial charge in [0.2, 0.25) is 5.91 Å². The number of imide groups is 1. The second kappa shape index (κ2) is 6.43. The van der Waals surface area contributed by atoms with Gasteiger partial charge in [-0.2, -0.15) is 0 Å². The SMILES string of the molecule is O=C1CC(N2CCc3c([nH]c4ccccc34)C2)C(=O)N1c1ccc(F)c(Cl)c1. The van der Waals surface area contributed by atoms with Gasteiger partial charge >= 0.3 is 0 Å². The summed E-state index contributed by atoms with van der Waals surface area (Å²) in [5, 5.41) is 1.11. The second-order valence-electron chi connectivity index (χ2n) is 7.23. The Morgan fingerprint density at radius 2 is 1.96 bits per heavy atom. The quantitative estimate of drug-likeness (QED) is 0.671. The molecule has 1 N–H and O–H groups in total. The Bertz CT molecular complexity index is 1130. The van der Waals surface area contributed by atoms with Crippen molar-refractivity contribution in [3.63, 3.8) is 0 Å². The molecule has 0 aliphatic carbocycles. The van der Waals surface area contributed by atoms with Crippen LogP contribution in [-0.4, -0.2) is 34.3 Å². The summed E-state index contributed by atoms with van der Waals surface area (Å²) >= 11 is 5.83. The summed E-state index contributed by atoms with van der Waals surface area (Å²) < 4.78 is 13.4. The fourth-order valence-corrected chi connectivity index (χ4v) is 4.45. The number of amides is 2. The van der Waals surface area contributed by atoms with Gasteiger partial charge in [-0.15, -0.1) is 0 Å². The Kier molecular flexibility index (Phi) is 4.00. The van der Waals surface area contributed by atoms with Crippen molar-refractivity contribution in [2.24, 2.45) is 0 Å². The molecule has 2 aromatic carbocycles. The topological polar surface area (TPSA) is 56.4 Å². The second-order valence-corrected chi connectivity index (χ2v) is 7.64. The van der Waals surface area contributed by atoms with Gasteiger partial charge in [0.05, 0.1) is 23.2 Å². The Hall–Kier alpha value is -2.70. The van der Waals surface area contributed by atoms with E-state index in [0.717, 1.165) is 22.5 Å². The maximum Gasteiger partial charge on any atom is 0.251 e. The van der Waals surface area contributed by atoms with E-state index < -0.39 is 11.9 Å². The van der Waals surface area contributed by atoms with Gasteiger partial charge in [-0.05, 0) is 36.2 Å². The first kappa shape index (κ1) is 17.4. The lowest BCUT2D eigenvalue weighted by molar-refractivity contribution is -0.123. The number of fused-ring (bicyclic) bond motifs is 3. The highest BCUT2D eigenvalue weighted by Gasteiger charge is 2.43. The lowest BCUT2D eigenvalue weighted by Crippen LogP contribution is -2.44. The first-order valence-electron chi connectivity index (χ1n) is 9.17. The van der Waals surface area contributed by atoms with E-state index in [-0.39, 0.29) is 23.3 Å². The van der Waals surface area contributed by atoms with Crippen LogP contribution in [0.3, 0.4) is 0 Å². The van der Waals surface area contributed by atoms with Crippen LogP contribution in [0.25, 0.3) is 10.9 Å². The largest absolute Gasteiger partial charge is 0.357 e. The van der Waals surface area contributed by atoms with Crippen molar-refractivity contribution < 1.29 is 14.0 Å². The molecule has 5 nitrogen and oxygen atoms in total. The van der Waals surface area contributed by atoms with Gasteiger partial charge in [0.1, 0.15) is 5.82 Å². The predicted molar refractivity (Wildman–Crippen MR) is 105 cm³/mol. The summed E-state index contributed by atoms with van der Waals surface area (Å²) in [7, 11) is 0. The van der Waals surface area contributed by atoms with Gasteiger partial charge in [-0.25, -0.2) is 9.29 Å². The van der Waals surface area contributed by atoms with E-state index in [1.807, 2.05) is 23.1 Å². The molecule has 7 heteroatoms. The minimum absolute atomic E-state index is 0.109. The molecule has 142 valence electrons. The number of benzene rings is 2. The molecule has 0 spiro atoms. The molecule has 2 aliphatic rings. The number of para-hydroxylation sites is 1. The molecule has 1 atom stereocenters. The fourth-order valence-electron chi connectivity index (χ4n) is 4.28. The van der Waals surface area contributed by atoms with Crippen LogP contribution in [0.5, 0.6) is 0 Å². The molecule has 5 rings (SSSR count). The van der Waals surface area contributed by atoms with Crippen molar-refractivity contribution in [1.82, 2.24) is 9.88 Å². The molecule has 0 radical (unpaired) electrons. The zero-order valence-electron chi connectivity index (χ0n) is 14.9. The summed E-state index contributed by atoms with van der Waals surface area (Å²) in [6, 6.07) is 11.5. The molecule has 28 heavy (non-hydrogen) atoms. The normalized spacial score (nSPS) is 20.2. The molecule has 1 fully saturated rings. The van der Waals surface area contributed by atoms with E-state index in [1.165, 1.54) is 29.1 Å². The Morgan fingerprint density at radius 1 is 1.14 bits per heavy atom. The maximum atomic E-state index is 13.4. The van der Waals surface area contributed by atoms with Gasteiger partial charge in [-0.1, -0.05) is 29.8 Å². The molecule has 1 saturated heterocycles. The number of aromatic amines is 1. The lowest BCUT2D eigenvalue weighted by Gasteiger charge is -2.30. The smallest absolute Gasteiger partial charge is 0.251 e. The summed E-state index contributed by atoms with van der Waals surface area (Å²) in [6.07, 6.45) is 0.934. The van der Waals surface area contributed by atoms with Crippen molar-refractivity contribution in [3.05, 3.63) is 64.6 Å². The minimum Gasteiger partial charge on any atom is -0.357 e. The molecular weight excluding hydrogens is 381 g/mol. The van der Waals surface area contributed by atoms with Crippen molar-refractivity contribution in [1.29, 1.82) is 0 Å². The molecule has 3 aromatic rings. The van der Waals surface area contributed by atoms with Crippen LogP contribution < -0.4 is 4.90 Å². The average Bonchev–Trinajstić information content (AvgIpc) is 3.20. The van der Waals surface area contributed by atoms with Crippen molar-refractivity contribution >= 4 is 40.0 Å². The van der Waals surface area contributed by atoms with Crippen LogP contribution in [0.15, 0.2) is 42.5 Å². The molecule has 1 aromatic heterocycles. The van der Waals surface area contributed by atoms with Crippen LogP contribution in [0.2, 0.25) is 5.02 Å². The fraction of sp³-hybridized carbons (Fsp3) is 0.238. The number of hydrogen-bond donors (Lipinski definition) is 1. The zero-order chi connectivity index (χ0) is 19.4. The zero-order valence-corrected chi connectivity index (χ0v) is 15.7. The van der Waals surface area contributed by atoms with Crippen LogP contribution >= 0.6 is 11.6 Å². The number of nitrogens with one attached hydrogen (secondary N) is 1. The summed E-state index contributed by atoms with van der Waals surface area (Å²) in [5.74, 6) is -1.16. The number of aromatic nitrogens is 1. The van der Waals surface area contributed by atoms with Gasteiger partial charge in [0.25, 0.3) is 5.91 Å². The Morgan fingerprint density at radius 3 is 2.79 bits per heavy atom. The van der Waals surface area contributed by atoms with Crippen LogP contribution in [0.1, 0.15) is 17.7 Å². The maximum absolute atomic E-state index is 13.4. The third-order valence-corrected chi connectivity index (χ3v) is 5.93. The van der Waals surface area contributed by atoms with E-state index in [9.17, 15) is 14.0 Å². The number of hydrogen-bond acceptors (Lipinski definition) is 3. The van der Waals surface area contributed by atoms with Gasteiger partial charge in [0, 0.05) is 29.7 Å². The van der Waals surface area contributed by atoms with Gasteiger partial charge < -0.3 is 4.98 Å². The van der Waals surface area contributed by atoms with Gasteiger partial charge in [0.15, 0.2) is 0 Å². The van der Waals surface area contributed by atoms with E-state index in [0.29, 0.717) is 18.8 Å². The predicted octanol–water partition coefficient (Wildman–Crippen LogP) is 3.65. The third kappa shape index (κ3) is 2.64. The highest BCUT2D eigenvalue weighted by Crippen LogP contribution is 2.33. The Labute approximate surface area is 165 Å². The van der Waals surface area contributed by atoms with Gasteiger partial charge in [-0.3, -0.25) is 14.5 Å². The molecule has 2 amide bonds. The minimum atomic E-state index is -0.580. The summed E-state index contributed by atoms with van der Waals surface area (Å²) in [6.45, 7) is 1.29. The number of nitrogens with zero attached hydrogens (tertiary/aromatic N) is 2. The number of H-pyrrole nitrogens is 1. The number of carbonyl (C=O) groups is 2. The molecule has 1 unspecified atom stereocenters. The average molecular weight is 398 g/mol. The number of anilines is 1. The third-order valence-electron chi connectivity index (χ3n) is 5.64. The molecular formula is C21H17ClFN3O2. The van der Waals surface area contributed by atoms with E-state index >= 15 is 0 Å². The summed E-state index contributed by atoms with van der Waals surface area (Å²) in [5.41, 5.74) is 3.78. The van der Waals surface area contributed by atoms with E-state index in [4.69, 9.17) is 11.6 Å².